The highest BCUT2D eigenvalue weighted by atomic mass is 16.5. The van der Waals surface area contributed by atoms with E-state index in [1.807, 2.05) is 42.5 Å². The number of hydrogen-bond donors (Lipinski definition) is 2. The molecule has 0 saturated carbocycles. The third-order valence-electron chi connectivity index (χ3n) is 5.77. The van der Waals surface area contributed by atoms with Crippen LogP contribution in [-0.4, -0.2) is 60.2 Å². The van der Waals surface area contributed by atoms with Crippen molar-refractivity contribution in [2.24, 2.45) is 0 Å². The lowest BCUT2D eigenvalue weighted by Crippen LogP contribution is -2.62. The first-order valence-electron chi connectivity index (χ1n) is 10.3. The molecule has 1 unspecified atom stereocenters. The van der Waals surface area contributed by atoms with E-state index in [1.54, 1.807) is 7.11 Å². The second-order valence-corrected chi connectivity index (χ2v) is 8.37. The fraction of sp³-hybridized carbons (Fsp3) is 0.360. The molecule has 30 heavy (non-hydrogen) atoms. The summed E-state index contributed by atoms with van der Waals surface area (Å²) in [7, 11) is 1.73. The Kier molecular flexibility index (Phi) is 6.06. The van der Waals surface area contributed by atoms with Crippen molar-refractivity contribution in [3.8, 4) is 16.9 Å². The maximum absolute atomic E-state index is 10.3. The van der Waals surface area contributed by atoms with E-state index in [-0.39, 0.29) is 18.8 Å². The molecule has 0 bridgehead atoms. The summed E-state index contributed by atoms with van der Waals surface area (Å²) >= 11 is 0. The Morgan fingerprint density at radius 2 is 1.73 bits per heavy atom. The molecule has 1 heterocycles. The molecule has 3 aromatic rings. The lowest BCUT2D eigenvalue weighted by Gasteiger charge is -2.47. The van der Waals surface area contributed by atoms with Crippen LogP contribution in [0.15, 0.2) is 60.7 Å². The molecule has 0 aromatic heterocycles. The standard InChI is InChI=1S/C25H29NO4/c1-25(29-2)16-26(17-25)13-23(28)15-30-24-9-8-21-11-20(6-7-22(21)12-24)19-5-3-4-18(10-19)14-27/h3-12,23,27-28H,13-17H2,1-2H3. The summed E-state index contributed by atoms with van der Waals surface area (Å²) in [6, 6.07) is 20.2. The van der Waals surface area contributed by atoms with Crippen LogP contribution in [0.3, 0.4) is 0 Å². The number of methoxy groups -OCH3 is 1. The topological polar surface area (TPSA) is 62.2 Å². The molecule has 158 valence electrons. The lowest BCUT2D eigenvalue weighted by atomic mass is 9.96. The summed E-state index contributed by atoms with van der Waals surface area (Å²) in [6.07, 6.45) is -0.539. The number of likely N-dealkylation sites (tertiary alicyclic amines) is 1. The van der Waals surface area contributed by atoms with Crippen molar-refractivity contribution < 1.29 is 19.7 Å². The third kappa shape index (κ3) is 4.65. The predicted octanol–water partition coefficient (Wildman–Crippen LogP) is 3.46. The molecular weight excluding hydrogens is 378 g/mol. The van der Waals surface area contributed by atoms with Gasteiger partial charge in [-0.2, -0.15) is 0 Å². The molecule has 1 saturated heterocycles. The van der Waals surface area contributed by atoms with E-state index in [0.717, 1.165) is 46.3 Å². The van der Waals surface area contributed by atoms with Gasteiger partial charge < -0.3 is 19.7 Å². The molecule has 0 amide bonds. The van der Waals surface area contributed by atoms with E-state index < -0.39 is 6.10 Å². The normalized spacial score (nSPS) is 16.9. The molecule has 4 rings (SSSR count). The minimum absolute atomic E-state index is 0.0391. The number of benzene rings is 3. The molecule has 3 aromatic carbocycles. The van der Waals surface area contributed by atoms with Crippen LogP contribution in [-0.2, 0) is 11.3 Å². The van der Waals surface area contributed by atoms with Crippen molar-refractivity contribution >= 4 is 10.8 Å². The van der Waals surface area contributed by atoms with Crippen LogP contribution in [0.4, 0.5) is 0 Å². The number of aliphatic hydroxyl groups is 2. The SMILES string of the molecule is COC1(C)CN(CC(O)COc2ccc3cc(-c4cccc(CO)c4)ccc3c2)C1. The highest BCUT2D eigenvalue weighted by Gasteiger charge is 2.39. The van der Waals surface area contributed by atoms with E-state index in [4.69, 9.17) is 9.47 Å². The Balaban J connectivity index is 1.38. The van der Waals surface area contributed by atoms with E-state index in [1.165, 1.54) is 0 Å². The first-order chi connectivity index (χ1) is 14.5. The summed E-state index contributed by atoms with van der Waals surface area (Å²) < 4.78 is 11.3. The zero-order valence-corrected chi connectivity index (χ0v) is 17.5. The van der Waals surface area contributed by atoms with Crippen molar-refractivity contribution in [1.82, 2.24) is 4.90 Å². The van der Waals surface area contributed by atoms with Crippen molar-refractivity contribution in [2.75, 3.05) is 33.4 Å². The van der Waals surface area contributed by atoms with Gasteiger partial charge in [0.25, 0.3) is 0 Å². The van der Waals surface area contributed by atoms with Crippen molar-refractivity contribution in [3.05, 3.63) is 66.2 Å². The molecule has 0 radical (unpaired) electrons. The zero-order chi connectivity index (χ0) is 21.1. The molecule has 1 atom stereocenters. The Morgan fingerprint density at radius 3 is 2.50 bits per heavy atom. The van der Waals surface area contributed by atoms with Gasteiger partial charge in [-0.25, -0.2) is 0 Å². The molecule has 2 N–H and O–H groups in total. The highest BCUT2D eigenvalue weighted by molar-refractivity contribution is 5.88. The fourth-order valence-corrected chi connectivity index (χ4v) is 4.04. The fourth-order valence-electron chi connectivity index (χ4n) is 4.04. The molecule has 1 aliphatic heterocycles. The van der Waals surface area contributed by atoms with E-state index >= 15 is 0 Å². The van der Waals surface area contributed by atoms with Gasteiger partial charge in [-0.05, 0) is 58.7 Å². The molecule has 1 fully saturated rings. The Hall–Kier alpha value is -2.44. The molecule has 1 aliphatic rings. The number of hydrogen-bond acceptors (Lipinski definition) is 5. The third-order valence-corrected chi connectivity index (χ3v) is 5.77. The molecular formula is C25H29NO4. The van der Waals surface area contributed by atoms with E-state index in [2.05, 4.69) is 30.0 Å². The van der Waals surface area contributed by atoms with Gasteiger partial charge in [-0.15, -0.1) is 0 Å². The second-order valence-electron chi connectivity index (χ2n) is 8.37. The van der Waals surface area contributed by atoms with Gasteiger partial charge in [0.2, 0.25) is 0 Å². The van der Waals surface area contributed by atoms with Crippen LogP contribution < -0.4 is 4.74 Å². The van der Waals surface area contributed by atoms with E-state index in [9.17, 15) is 10.2 Å². The number of fused-ring (bicyclic) bond motifs is 1. The maximum Gasteiger partial charge on any atom is 0.120 e. The quantitative estimate of drug-likeness (QED) is 0.599. The number of nitrogens with zero attached hydrogens (tertiary/aromatic N) is 1. The molecule has 0 spiro atoms. The van der Waals surface area contributed by atoms with Gasteiger partial charge in [0.05, 0.1) is 12.2 Å². The summed E-state index contributed by atoms with van der Waals surface area (Å²) in [5.74, 6) is 0.752. The smallest absolute Gasteiger partial charge is 0.120 e. The minimum atomic E-state index is -0.539. The van der Waals surface area contributed by atoms with Crippen LogP contribution >= 0.6 is 0 Å². The van der Waals surface area contributed by atoms with Crippen LogP contribution in [0.5, 0.6) is 5.75 Å². The summed E-state index contributed by atoms with van der Waals surface area (Å²) in [5.41, 5.74) is 3.01. The number of aliphatic hydroxyl groups excluding tert-OH is 2. The van der Waals surface area contributed by atoms with Gasteiger partial charge in [0, 0.05) is 26.7 Å². The van der Waals surface area contributed by atoms with Crippen molar-refractivity contribution in [3.63, 3.8) is 0 Å². The van der Waals surface area contributed by atoms with Crippen molar-refractivity contribution in [2.45, 2.75) is 25.2 Å². The Bertz CT molecular complexity index is 1010. The second kappa shape index (κ2) is 8.74. The van der Waals surface area contributed by atoms with E-state index in [0.29, 0.717) is 6.54 Å². The van der Waals surface area contributed by atoms with Crippen LogP contribution in [0, 0.1) is 0 Å². The van der Waals surface area contributed by atoms with Crippen LogP contribution in [0.2, 0.25) is 0 Å². The number of ether oxygens (including phenoxy) is 2. The van der Waals surface area contributed by atoms with Gasteiger partial charge >= 0.3 is 0 Å². The Morgan fingerprint density at radius 1 is 1.00 bits per heavy atom. The van der Waals surface area contributed by atoms with Gasteiger partial charge in [0.1, 0.15) is 18.5 Å². The average Bonchev–Trinajstić information content (AvgIpc) is 2.76. The monoisotopic (exact) mass is 407 g/mol. The van der Waals surface area contributed by atoms with Gasteiger partial charge in [-0.1, -0.05) is 36.4 Å². The van der Waals surface area contributed by atoms with Crippen molar-refractivity contribution in [1.29, 1.82) is 0 Å². The molecule has 5 nitrogen and oxygen atoms in total. The average molecular weight is 408 g/mol. The lowest BCUT2D eigenvalue weighted by molar-refractivity contribution is -0.121. The predicted molar refractivity (Wildman–Crippen MR) is 119 cm³/mol. The molecule has 0 aliphatic carbocycles. The molecule has 5 heteroatoms. The first kappa shape index (κ1) is 20.8. The van der Waals surface area contributed by atoms with Gasteiger partial charge in [0.15, 0.2) is 0 Å². The summed E-state index contributed by atoms with van der Waals surface area (Å²) in [5, 5.41) is 21.8. The largest absolute Gasteiger partial charge is 0.491 e. The Labute approximate surface area is 177 Å². The number of rotatable bonds is 8. The summed E-state index contributed by atoms with van der Waals surface area (Å²) in [4.78, 5) is 2.17. The van der Waals surface area contributed by atoms with Crippen LogP contribution in [0.1, 0.15) is 12.5 Å². The maximum atomic E-state index is 10.3. The van der Waals surface area contributed by atoms with Gasteiger partial charge in [-0.3, -0.25) is 4.90 Å². The highest BCUT2D eigenvalue weighted by Crippen LogP contribution is 2.28. The zero-order valence-electron chi connectivity index (χ0n) is 17.5. The summed E-state index contributed by atoms with van der Waals surface area (Å²) in [6.45, 7) is 4.63. The van der Waals surface area contributed by atoms with Crippen LogP contribution in [0.25, 0.3) is 21.9 Å². The number of β-amino-alcohol motifs (C(OH)–C–C–N with tert-alkyl or cyclic N) is 1. The minimum Gasteiger partial charge on any atom is -0.491 e. The first-order valence-corrected chi connectivity index (χ1v) is 10.3.